The monoisotopic (exact) mass is 112 g/mol. The summed E-state index contributed by atoms with van der Waals surface area (Å²) in [4.78, 5) is 0. The van der Waals surface area contributed by atoms with Gasteiger partial charge >= 0.3 is 0 Å². The molecule has 0 aliphatic heterocycles. The van der Waals surface area contributed by atoms with Gasteiger partial charge in [-0.05, 0) is 0 Å². The van der Waals surface area contributed by atoms with Crippen LogP contribution in [0.3, 0.4) is 0 Å². The first-order valence-electron chi connectivity index (χ1n) is 0.500. The summed E-state index contributed by atoms with van der Waals surface area (Å²) < 4.78 is 0. The van der Waals surface area contributed by atoms with Crippen LogP contribution in [0.4, 0.5) is 0 Å². The molecule has 0 radical (unpaired) electrons. The van der Waals surface area contributed by atoms with E-state index in [1.807, 2.05) is 0 Å². The molecular weight excluding hydrogens is 107 g/mol. The minimum atomic E-state index is 0. The Hall–Kier alpha value is 0.744. The average molecular weight is 112 g/mol. The second-order valence-electron chi connectivity index (χ2n) is 0. The van der Waals surface area contributed by atoms with Gasteiger partial charge in [-0.3, -0.25) is 0 Å². The fraction of sp³-hybridized carbons (Fsp3) is 0. The van der Waals surface area contributed by atoms with Gasteiger partial charge in [0.2, 0.25) is 0 Å². The molecule has 0 unspecified atom stereocenters. The molecule has 0 fully saturated rings. The van der Waals surface area contributed by atoms with Crippen LogP contribution in [0, 0.1) is 0 Å². The first-order valence-corrected chi connectivity index (χ1v) is 0.500. The summed E-state index contributed by atoms with van der Waals surface area (Å²) >= 11 is 0. The van der Waals surface area contributed by atoms with Gasteiger partial charge in [-0.25, -0.2) is 0 Å². The van der Waals surface area contributed by atoms with Gasteiger partial charge in [-0.1, -0.05) is 0 Å². The van der Waals surface area contributed by atoms with Crippen molar-refractivity contribution in [2.45, 2.75) is 0 Å². The van der Waals surface area contributed by atoms with E-state index >= 15 is 0 Å². The third kappa shape index (κ3) is 15.1. The third-order valence-electron chi connectivity index (χ3n) is 0. The Morgan fingerprint density at radius 2 is 1.00 bits per heavy atom. The molecule has 0 atom stereocenters. The largest absolute Gasteiger partial charge is 0.147 e. The second kappa shape index (κ2) is 50.9. The quantitative estimate of drug-likeness (QED) is 0.326. The average Bonchev–Trinajstić information content (AvgIpc) is 1.00. The predicted molar refractivity (Wildman–Crippen MR) is 18.5 cm³/mol. The molecule has 0 aromatic heterocycles. The Labute approximate surface area is 47.6 Å². The minimum absolute atomic E-state index is 0. The van der Waals surface area contributed by atoms with Crippen LogP contribution in [0.25, 0.3) is 0 Å². The topological polar surface area (TPSA) is 0 Å². The summed E-state index contributed by atoms with van der Waals surface area (Å²) in [7, 11) is 0. The van der Waals surface area contributed by atoms with Crippen LogP contribution in [0.2, 0.25) is 0 Å². The molecule has 0 aromatic rings. The molecule has 0 aliphatic rings. The molecule has 4 heavy (non-hydrogen) atoms. The summed E-state index contributed by atoms with van der Waals surface area (Å²) in [6.45, 7) is 6.00. The molecule has 0 N–H and O–H groups in total. The standard InChI is InChI=1S/C2H4.ClH.Ti/c1-2;;/h1-2H2;1H;. The Bertz CT molecular complexity index is 6.00. The van der Waals surface area contributed by atoms with Gasteiger partial charge in [0, 0.05) is 21.7 Å². The molecule has 0 aliphatic carbocycles. The zero-order chi connectivity index (χ0) is 2.00. The Balaban J connectivity index is -0.00000000500. The maximum absolute atomic E-state index is 3.00. The predicted octanol–water partition coefficient (Wildman–Crippen LogP) is 1.22. The summed E-state index contributed by atoms with van der Waals surface area (Å²) in [5.74, 6) is 0. The van der Waals surface area contributed by atoms with Crippen molar-refractivity contribution in [3.63, 3.8) is 0 Å². The molecular formula is C2H5ClTi. The van der Waals surface area contributed by atoms with Crippen LogP contribution in [0.15, 0.2) is 13.2 Å². The van der Waals surface area contributed by atoms with Crippen molar-refractivity contribution in [1.29, 1.82) is 0 Å². The first kappa shape index (κ1) is 21.9. The molecule has 0 spiro atoms. The summed E-state index contributed by atoms with van der Waals surface area (Å²) in [5, 5.41) is 0. The Morgan fingerprint density at radius 1 is 1.00 bits per heavy atom. The van der Waals surface area contributed by atoms with Crippen LogP contribution in [-0.2, 0) is 21.7 Å². The fourth-order valence-electron chi connectivity index (χ4n) is 0. The molecule has 0 aromatic carbocycles. The molecule has 0 rings (SSSR count). The van der Waals surface area contributed by atoms with E-state index < -0.39 is 0 Å². The zero-order valence-electron chi connectivity index (χ0n) is 2.32. The van der Waals surface area contributed by atoms with Gasteiger partial charge in [0.1, 0.15) is 0 Å². The van der Waals surface area contributed by atoms with Crippen LogP contribution < -0.4 is 0 Å². The molecule has 0 amide bonds. The van der Waals surface area contributed by atoms with Crippen molar-refractivity contribution in [2.75, 3.05) is 0 Å². The van der Waals surface area contributed by atoms with Gasteiger partial charge in [-0.2, -0.15) is 0 Å². The smallest absolute Gasteiger partial charge is 0 e. The van der Waals surface area contributed by atoms with Gasteiger partial charge in [0.15, 0.2) is 0 Å². The molecule has 2 heteroatoms. The zero-order valence-corrected chi connectivity index (χ0v) is 4.70. The van der Waals surface area contributed by atoms with Crippen LogP contribution in [0.5, 0.6) is 0 Å². The second-order valence-corrected chi connectivity index (χ2v) is 0. The van der Waals surface area contributed by atoms with Crippen LogP contribution >= 0.6 is 12.4 Å². The molecule has 0 heterocycles. The number of hydrogen-bond donors (Lipinski definition) is 0. The number of halogens is 1. The van der Waals surface area contributed by atoms with Crippen molar-refractivity contribution >= 4 is 12.4 Å². The maximum Gasteiger partial charge on any atom is 0 e. The third-order valence-corrected chi connectivity index (χ3v) is 0. The Morgan fingerprint density at radius 3 is 1.00 bits per heavy atom. The molecule has 0 saturated carbocycles. The first-order chi connectivity index (χ1) is 1.00. The van der Waals surface area contributed by atoms with Crippen LogP contribution in [0.1, 0.15) is 0 Å². The van der Waals surface area contributed by atoms with E-state index in [0.717, 1.165) is 0 Å². The SMILES string of the molecule is C=C.Cl.[Ti]. The summed E-state index contributed by atoms with van der Waals surface area (Å²) in [5.41, 5.74) is 0. The van der Waals surface area contributed by atoms with Crippen molar-refractivity contribution in [3.05, 3.63) is 13.2 Å². The van der Waals surface area contributed by atoms with Crippen molar-refractivity contribution < 1.29 is 21.7 Å². The molecule has 0 saturated heterocycles. The van der Waals surface area contributed by atoms with Gasteiger partial charge in [-0.15, -0.1) is 25.6 Å². The minimum Gasteiger partial charge on any atom is -0.147 e. The van der Waals surface area contributed by atoms with Crippen LogP contribution in [-0.4, -0.2) is 0 Å². The normalized spacial score (nSPS) is 1.00. The van der Waals surface area contributed by atoms with Gasteiger partial charge < -0.3 is 0 Å². The van der Waals surface area contributed by atoms with E-state index in [9.17, 15) is 0 Å². The van der Waals surface area contributed by atoms with Gasteiger partial charge in [0.25, 0.3) is 0 Å². The van der Waals surface area contributed by atoms with E-state index in [1.165, 1.54) is 0 Å². The van der Waals surface area contributed by atoms with E-state index in [1.54, 1.807) is 0 Å². The van der Waals surface area contributed by atoms with Crippen molar-refractivity contribution in [1.82, 2.24) is 0 Å². The maximum atomic E-state index is 3.00. The van der Waals surface area contributed by atoms with Gasteiger partial charge in [0.05, 0.1) is 0 Å². The van der Waals surface area contributed by atoms with Crippen molar-refractivity contribution in [3.8, 4) is 0 Å². The molecule has 0 nitrogen and oxygen atoms in total. The van der Waals surface area contributed by atoms with E-state index in [0.29, 0.717) is 0 Å². The molecule has 24 valence electrons. The number of rotatable bonds is 0. The number of hydrogen-bond acceptors (Lipinski definition) is 0. The van der Waals surface area contributed by atoms with E-state index in [4.69, 9.17) is 0 Å². The van der Waals surface area contributed by atoms with E-state index in [2.05, 4.69) is 13.2 Å². The van der Waals surface area contributed by atoms with E-state index in [-0.39, 0.29) is 34.1 Å². The summed E-state index contributed by atoms with van der Waals surface area (Å²) in [6, 6.07) is 0. The summed E-state index contributed by atoms with van der Waals surface area (Å²) in [6.07, 6.45) is 0. The fourth-order valence-corrected chi connectivity index (χ4v) is 0. The molecule has 0 bridgehead atoms. The Kier molecular flexibility index (Phi) is 278. The van der Waals surface area contributed by atoms with Crippen molar-refractivity contribution in [2.24, 2.45) is 0 Å².